The van der Waals surface area contributed by atoms with Crippen molar-refractivity contribution < 1.29 is 28.8 Å². The predicted octanol–water partition coefficient (Wildman–Crippen LogP) is 2.54. The van der Waals surface area contributed by atoms with Gasteiger partial charge >= 0.3 is 0 Å². The van der Waals surface area contributed by atoms with Crippen LogP contribution < -0.4 is 0 Å². The topological polar surface area (TPSA) is 74.2 Å². The number of ether oxygens (including phenoxy) is 4. The number of aliphatic hydroxyl groups excluding tert-OH is 1. The number of Topliss-reactive ketones (excluding diaryl/α,β-unsaturated/α-hetero) is 1. The Morgan fingerprint density at radius 2 is 1.89 bits per heavy atom. The minimum Gasteiger partial charge on any atom is -0.493 e. The van der Waals surface area contributed by atoms with Gasteiger partial charge in [-0.05, 0) is 36.7 Å². The number of ketones is 1. The fourth-order valence-electron chi connectivity index (χ4n) is 7.42. The zero-order valence-electron chi connectivity index (χ0n) is 17.8. The summed E-state index contributed by atoms with van der Waals surface area (Å²) in [7, 11) is 4.89. The van der Waals surface area contributed by atoms with E-state index in [0.29, 0.717) is 5.76 Å². The van der Waals surface area contributed by atoms with Gasteiger partial charge in [0.15, 0.2) is 12.0 Å². The van der Waals surface area contributed by atoms with Crippen LogP contribution in [0.3, 0.4) is 0 Å². The van der Waals surface area contributed by atoms with E-state index in [2.05, 4.69) is 13.8 Å². The van der Waals surface area contributed by atoms with Crippen LogP contribution in [0.2, 0.25) is 0 Å². The number of carbonyl (C=O) groups is 1. The minimum absolute atomic E-state index is 0.00648. The van der Waals surface area contributed by atoms with Crippen LogP contribution in [0, 0.1) is 34.5 Å². The average Bonchev–Trinajstić information content (AvgIpc) is 2.66. The molecule has 3 fully saturated rings. The number of methoxy groups -OCH3 is 3. The Labute approximate surface area is 167 Å². The molecule has 6 nitrogen and oxygen atoms in total. The summed E-state index contributed by atoms with van der Waals surface area (Å²) in [4.78, 5) is 13.6. The molecule has 0 bridgehead atoms. The predicted molar refractivity (Wildman–Crippen MR) is 102 cm³/mol. The molecule has 0 aromatic rings. The van der Waals surface area contributed by atoms with E-state index in [1.165, 1.54) is 0 Å². The smallest absolute Gasteiger partial charge is 0.203 e. The normalized spacial score (nSPS) is 53.1. The van der Waals surface area contributed by atoms with Gasteiger partial charge in [0.25, 0.3) is 0 Å². The number of allylic oxidation sites excluding steroid dienone is 2. The second-order valence-corrected chi connectivity index (χ2v) is 9.58. The van der Waals surface area contributed by atoms with Crippen LogP contribution in [0.15, 0.2) is 11.8 Å². The van der Waals surface area contributed by atoms with Crippen molar-refractivity contribution in [2.75, 3.05) is 21.3 Å². The van der Waals surface area contributed by atoms with Crippen molar-refractivity contribution >= 4 is 5.78 Å². The van der Waals surface area contributed by atoms with E-state index >= 15 is 0 Å². The molecule has 158 valence electrons. The van der Waals surface area contributed by atoms with Crippen LogP contribution in [0.5, 0.6) is 0 Å². The van der Waals surface area contributed by atoms with Gasteiger partial charge in [-0.2, -0.15) is 0 Å². The molecule has 0 spiro atoms. The first-order valence-electron chi connectivity index (χ1n) is 10.4. The van der Waals surface area contributed by atoms with Gasteiger partial charge in [0.1, 0.15) is 0 Å². The van der Waals surface area contributed by atoms with E-state index in [-0.39, 0.29) is 53.4 Å². The fourth-order valence-corrected chi connectivity index (χ4v) is 7.42. The summed E-state index contributed by atoms with van der Waals surface area (Å²) in [6.45, 7) is 6.39. The Hall–Kier alpha value is -0.950. The Balaban J connectivity index is 1.87. The molecule has 10 atom stereocenters. The molecule has 4 aliphatic rings. The molecule has 0 radical (unpaired) electrons. The summed E-state index contributed by atoms with van der Waals surface area (Å²) in [6.07, 6.45) is 2.81. The average molecular weight is 395 g/mol. The molecule has 10 unspecified atom stereocenters. The van der Waals surface area contributed by atoms with E-state index in [4.69, 9.17) is 18.9 Å². The van der Waals surface area contributed by atoms with E-state index < -0.39 is 11.5 Å². The molecule has 1 N–H and O–H groups in total. The van der Waals surface area contributed by atoms with Crippen LogP contribution in [0.4, 0.5) is 0 Å². The molecule has 0 aromatic heterocycles. The molecule has 3 aliphatic carbocycles. The van der Waals surface area contributed by atoms with Gasteiger partial charge in [-0.3, -0.25) is 4.79 Å². The van der Waals surface area contributed by atoms with Crippen molar-refractivity contribution in [1.82, 2.24) is 0 Å². The number of hydrogen-bond donors (Lipinski definition) is 1. The number of rotatable bonds is 3. The lowest BCUT2D eigenvalue weighted by Gasteiger charge is -2.69. The Kier molecular flexibility index (Phi) is 4.93. The standard InChI is InChI=1S/C22H34O6/c1-11-13-10-16(26-5)28-15-9-12-7-8-14(25-4)20(24)21(12,2)19(22(13,15)3)17(23)18(11)27-6/h8,11-13,15-19,23H,7,9-10H2,1-6H3. The van der Waals surface area contributed by atoms with Gasteiger partial charge in [-0.15, -0.1) is 0 Å². The van der Waals surface area contributed by atoms with Crippen LogP contribution >= 0.6 is 0 Å². The fraction of sp³-hybridized carbons (Fsp3) is 0.864. The third-order valence-electron chi connectivity index (χ3n) is 8.80. The summed E-state index contributed by atoms with van der Waals surface area (Å²) in [5.41, 5.74) is -1.04. The highest BCUT2D eigenvalue weighted by molar-refractivity contribution is 5.99. The first kappa shape index (κ1) is 20.3. The third-order valence-corrected chi connectivity index (χ3v) is 8.80. The van der Waals surface area contributed by atoms with Crippen molar-refractivity contribution in [3.8, 4) is 0 Å². The largest absolute Gasteiger partial charge is 0.493 e. The van der Waals surface area contributed by atoms with Crippen LogP contribution in [-0.4, -0.2) is 56.8 Å². The van der Waals surface area contributed by atoms with Gasteiger partial charge in [0.2, 0.25) is 5.78 Å². The van der Waals surface area contributed by atoms with Gasteiger partial charge < -0.3 is 24.1 Å². The van der Waals surface area contributed by atoms with E-state index in [1.54, 1.807) is 21.3 Å². The maximum absolute atomic E-state index is 13.6. The molecule has 0 aromatic carbocycles. The van der Waals surface area contributed by atoms with Gasteiger partial charge in [0, 0.05) is 37.4 Å². The Morgan fingerprint density at radius 1 is 1.18 bits per heavy atom. The van der Waals surface area contributed by atoms with E-state index in [1.807, 2.05) is 13.0 Å². The Morgan fingerprint density at radius 3 is 2.50 bits per heavy atom. The van der Waals surface area contributed by atoms with Crippen molar-refractivity contribution in [3.63, 3.8) is 0 Å². The maximum Gasteiger partial charge on any atom is 0.203 e. The number of fused-ring (bicyclic) bond motifs is 2. The highest BCUT2D eigenvalue weighted by Crippen LogP contribution is 2.68. The molecule has 28 heavy (non-hydrogen) atoms. The van der Waals surface area contributed by atoms with Crippen molar-refractivity contribution in [2.24, 2.45) is 34.5 Å². The zero-order chi connectivity index (χ0) is 20.4. The SMILES string of the molecule is COC1=CCC2CC3OC(OC)CC4C(C)C(OC)C(O)C(C2(C)C1=O)C34C. The lowest BCUT2D eigenvalue weighted by atomic mass is 9.39. The highest BCUT2D eigenvalue weighted by Gasteiger charge is 2.71. The molecule has 1 heterocycles. The van der Waals surface area contributed by atoms with E-state index in [0.717, 1.165) is 19.3 Å². The highest BCUT2D eigenvalue weighted by atomic mass is 16.7. The molecular weight excluding hydrogens is 360 g/mol. The van der Waals surface area contributed by atoms with Crippen molar-refractivity contribution in [3.05, 3.63) is 11.8 Å². The summed E-state index contributed by atoms with van der Waals surface area (Å²) in [6, 6.07) is 0. The van der Waals surface area contributed by atoms with Crippen LogP contribution in [0.25, 0.3) is 0 Å². The number of hydrogen-bond acceptors (Lipinski definition) is 6. The molecule has 2 saturated carbocycles. The first-order valence-corrected chi connectivity index (χ1v) is 10.4. The van der Waals surface area contributed by atoms with Crippen molar-refractivity contribution in [1.29, 1.82) is 0 Å². The minimum atomic E-state index is -0.737. The Bertz CT molecular complexity index is 676. The molecule has 0 amide bonds. The second-order valence-electron chi connectivity index (χ2n) is 9.58. The molecule has 1 saturated heterocycles. The van der Waals surface area contributed by atoms with Crippen molar-refractivity contribution in [2.45, 2.75) is 64.6 Å². The molecule has 4 rings (SSSR count). The van der Waals surface area contributed by atoms with Gasteiger partial charge in [-0.25, -0.2) is 0 Å². The maximum atomic E-state index is 13.6. The first-order chi connectivity index (χ1) is 13.2. The van der Waals surface area contributed by atoms with E-state index in [9.17, 15) is 9.90 Å². The molecular formula is C22H34O6. The third kappa shape index (κ3) is 2.38. The summed E-state index contributed by atoms with van der Waals surface area (Å²) < 4.78 is 23.2. The monoisotopic (exact) mass is 394 g/mol. The quantitative estimate of drug-likeness (QED) is 0.793. The summed E-state index contributed by atoms with van der Waals surface area (Å²) in [5, 5.41) is 11.5. The van der Waals surface area contributed by atoms with Crippen LogP contribution in [-0.2, 0) is 23.7 Å². The number of carbonyl (C=O) groups excluding carboxylic acids is 1. The number of aliphatic hydroxyl groups is 1. The lowest BCUT2D eigenvalue weighted by molar-refractivity contribution is -0.328. The van der Waals surface area contributed by atoms with Gasteiger partial charge in [-0.1, -0.05) is 20.8 Å². The summed E-state index contributed by atoms with van der Waals surface area (Å²) >= 11 is 0. The summed E-state index contributed by atoms with van der Waals surface area (Å²) in [5.74, 6) is 0.632. The second kappa shape index (κ2) is 6.79. The molecule has 1 aliphatic heterocycles. The van der Waals surface area contributed by atoms with Gasteiger partial charge in [0.05, 0.1) is 25.4 Å². The zero-order valence-corrected chi connectivity index (χ0v) is 17.8. The van der Waals surface area contributed by atoms with Crippen LogP contribution in [0.1, 0.15) is 40.0 Å². The lowest BCUT2D eigenvalue weighted by Crippen LogP contribution is -2.73. The molecule has 6 heteroatoms.